The van der Waals surface area contributed by atoms with Crippen LogP contribution in [-0.4, -0.2) is 35.0 Å². The lowest BCUT2D eigenvalue weighted by Gasteiger charge is -2.38. The number of amides is 1. The molecular weight excluding hydrogens is 536 g/mol. The van der Waals surface area contributed by atoms with Crippen LogP contribution in [0.25, 0.3) is 6.08 Å². The lowest BCUT2D eigenvalue weighted by Crippen LogP contribution is -2.49. The van der Waals surface area contributed by atoms with Crippen molar-refractivity contribution >= 4 is 29.2 Å². The van der Waals surface area contributed by atoms with Gasteiger partial charge in [-0.2, -0.15) is 0 Å². The van der Waals surface area contributed by atoms with Crippen LogP contribution >= 0.6 is 0 Å². The zero-order chi connectivity index (χ0) is 29.7. The average molecular weight is 569 g/mol. The fourth-order valence-electron chi connectivity index (χ4n) is 7.23. The van der Waals surface area contributed by atoms with Gasteiger partial charge >= 0.3 is 0 Å². The Balaban J connectivity index is 1.51. The fourth-order valence-corrected chi connectivity index (χ4v) is 7.23. The van der Waals surface area contributed by atoms with Gasteiger partial charge in [0.2, 0.25) is 5.91 Å². The maximum Gasteiger partial charge on any atom is 0.238 e. The van der Waals surface area contributed by atoms with Crippen molar-refractivity contribution in [3.05, 3.63) is 137 Å². The summed E-state index contributed by atoms with van der Waals surface area (Å²) >= 11 is 0. The molecule has 214 valence electrons. The second-order valence-corrected chi connectivity index (χ2v) is 11.5. The van der Waals surface area contributed by atoms with Crippen molar-refractivity contribution in [2.24, 2.45) is 5.92 Å². The predicted octanol–water partition coefficient (Wildman–Crippen LogP) is 6.77. The van der Waals surface area contributed by atoms with E-state index in [1.54, 1.807) is 24.3 Å². The van der Waals surface area contributed by atoms with E-state index in [-0.39, 0.29) is 17.5 Å². The Morgan fingerprint density at radius 1 is 0.884 bits per heavy atom. The largest absolute Gasteiger partial charge is 0.493 e. The number of rotatable bonds is 7. The number of hydrogen-bond acceptors (Lipinski definition) is 5. The molecule has 6 heteroatoms. The Bertz CT molecular complexity index is 1790. The predicted molar refractivity (Wildman–Crippen MR) is 166 cm³/mol. The first kappa shape index (κ1) is 26.9. The second-order valence-electron chi connectivity index (χ2n) is 11.5. The van der Waals surface area contributed by atoms with Gasteiger partial charge in [-0.25, -0.2) is 0 Å². The monoisotopic (exact) mass is 568 g/mol. The lowest BCUT2D eigenvalue weighted by atomic mass is 9.62. The third-order valence-electron chi connectivity index (χ3n) is 9.07. The van der Waals surface area contributed by atoms with Gasteiger partial charge in [-0.3, -0.25) is 14.4 Å². The van der Waals surface area contributed by atoms with E-state index < -0.39 is 23.4 Å². The van der Waals surface area contributed by atoms with Crippen LogP contribution in [0.4, 0.5) is 5.69 Å². The number of nitrogens with zero attached hydrogens (tertiary/aromatic N) is 1. The molecule has 4 aromatic rings. The van der Waals surface area contributed by atoms with E-state index in [9.17, 15) is 14.4 Å². The molecule has 6 nitrogen and oxygen atoms in total. The van der Waals surface area contributed by atoms with Gasteiger partial charge in [0.15, 0.2) is 11.6 Å². The topological polar surface area (TPSA) is 75.7 Å². The molecule has 3 heterocycles. The minimum absolute atomic E-state index is 0.238. The smallest absolute Gasteiger partial charge is 0.238 e. The molecule has 3 aliphatic rings. The average Bonchev–Trinajstić information content (AvgIpc) is 3.52. The van der Waals surface area contributed by atoms with Crippen molar-refractivity contribution in [1.29, 1.82) is 0 Å². The van der Waals surface area contributed by atoms with Gasteiger partial charge in [-0.05, 0) is 54.3 Å². The molecule has 3 aliphatic heterocycles. The number of aryl methyl sites for hydroxylation is 1. The van der Waals surface area contributed by atoms with E-state index in [0.29, 0.717) is 29.2 Å². The Morgan fingerprint density at radius 3 is 2.42 bits per heavy atom. The van der Waals surface area contributed by atoms with E-state index in [4.69, 9.17) is 4.74 Å². The summed E-state index contributed by atoms with van der Waals surface area (Å²) < 4.78 is 6.03. The van der Waals surface area contributed by atoms with Gasteiger partial charge in [0, 0.05) is 17.5 Å². The Morgan fingerprint density at radius 2 is 1.60 bits per heavy atom. The molecule has 4 atom stereocenters. The minimum atomic E-state index is -1.36. The standard InChI is InChI=1S/C37H32N2O4/c1-3-22-43-30-15-9-6-12-27(30)34(41)32-31(33(40)25-18-16-23(2)17-19-25)37(28-13-7-8-14-29(28)38-36(37)42)35-26-11-5-4-10-24(26)20-21-39(32)35/h4-21,31-32,35H,3,22H2,1-2H3,(H,38,42)/t31-,32+,35-,37-/m1/s1. The molecule has 0 aromatic heterocycles. The highest BCUT2D eigenvalue weighted by Gasteiger charge is 2.70. The number of carbonyl (C=O) groups is 3. The quantitative estimate of drug-likeness (QED) is 0.249. The van der Waals surface area contributed by atoms with Crippen molar-refractivity contribution in [1.82, 2.24) is 4.90 Å². The van der Waals surface area contributed by atoms with Crippen molar-refractivity contribution in [2.75, 3.05) is 11.9 Å². The van der Waals surface area contributed by atoms with Crippen molar-refractivity contribution < 1.29 is 19.1 Å². The van der Waals surface area contributed by atoms with E-state index in [1.807, 2.05) is 104 Å². The van der Waals surface area contributed by atoms with Gasteiger partial charge in [0.05, 0.1) is 24.1 Å². The van der Waals surface area contributed by atoms with Crippen molar-refractivity contribution in [2.45, 2.75) is 37.8 Å². The second kappa shape index (κ2) is 10.4. The summed E-state index contributed by atoms with van der Waals surface area (Å²) in [4.78, 5) is 46.4. The van der Waals surface area contributed by atoms with E-state index in [0.717, 1.165) is 28.7 Å². The maximum atomic E-state index is 14.9. The molecule has 1 fully saturated rings. The van der Waals surface area contributed by atoms with Crippen LogP contribution in [0, 0.1) is 12.8 Å². The number of nitrogens with one attached hydrogen (secondary N) is 1. The third kappa shape index (κ3) is 3.97. The molecule has 4 aromatic carbocycles. The van der Waals surface area contributed by atoms with Crippen molar-refractivity contribution in [3.8, 4) is 5.75 Å². The number of hydrogen-bond donors (Lipinski definition) is 1. The summed E-state index contributed by atoms with van der Waals surface area (Å²) in [6.45, 7) is 4.44. The highest BCUT2D eigenvalue weighted by atomic mass is 16.5. The number of para-hydroxylation sites is 2. The molecule has 0 aliphatic carbocycles. The molecule has 1 saturated heterocycles. The number of carbonyl (C=O) groups excluding carboxylic acids is 3. The first-order chi connectivity index (χ1) is 21.0. The number of benzene rings is 4. The van der Waals surface area contributed by atoms with Gasteiger partial charge in [-0.15, -0.1) is 0 Å². The third-order valence-corrected chi connectivity index (χ3v) is 9.07. The number of ketones is 2. The lowest BCUT2D eigenvalue weighted by molar-refractivity contribution is -0.122. The van der Waals surface area contributed by atoms with E-state index in [2.05, 4.69) is 5.32 Å². The highest BCUT2D eigenvalue weighted by molar-refractivity contribution is 6.17. The van der Waals surface area contributed by atoms with E-state index >= 15 is 0 Å². The highest BCUT2D eigenvalue weighted by Crippen LogP contribution is 2.62. The van der Waals surface area contributed by atoms with Crippen LogP contribution in [0.15, 0.2) is 103 Å². The molecule has 0 unspecified atom stereocenters. The van der Waals surface area contributed by atoms with E-state index in [1.165, 1.54) is 0 Å². The number of ether oxygens (including phenoxy) is 1. The molecule has 7 rings (SSSR count). The molecule has 1 N–H and O–H groups in total. The SMILES string of the molecule is CCCOc1ccccc1C(=O)[C@@H]1[C@H](C(=O)c2ccc(C)cc2)[C@@]2(C(=O)Nc3ccccc32)[C@H]2c3ccccc3C=CN12. The first-order valence-electron chi connectivity index (χ1n) is 14.8. The maximum absolute atomic E-state index is 14.9. The van der Waals surface area contributed by atoms with Crippen LogP contribution in [0.3, 0.4) is 0 Å². The summed E-state index contributed by atoms with van der Waals surface area (Å²) in [5, 5.41) is 3.10. The number of fused-ring (bicyclic) bond motifs is 6. The number of Topliss-reactive ketones (excluding diaryl/α,β-unsaturated/α-hetero) is 2. The Hall–Kier alpha value is -4.97. The van der Waals surface area contributed by atoms with Crippen LogP contribution in [0.2, 0.25) is 0 Å². The zero-order valence-corrected chi connectivity index (χ0v) is 24.1. The Labute approximate surface area is 251 Å². The molecule has 0 bridgehead atoms. The number of anilines is 1. The zero-order valence-electron chi connectivity index (χ0n) is 24.1. The van der Waals surface area contributed by atoms with Crippen molar-refractivity contribution in [3.63, 3.8) is 0 Å². The minimum Gasteiger partial charge on any atom is -0.493 e. The summed E-state index contributed by atoms with van der Waals surface area (Å²) in [7, 11) is 0. The molecule has 1 amide bonds. The first-order valence-corrected chi connectivity index (χ1v) is 14.8. The Kier molecular flexibility index (Phi) is 6.50. The molecule has 1 spiro atoms. The summed E-state index contributed by atoms with van der Waals surface area (Å²) in [6, 6.07) is 28.5. The summed E-state index contributed by atoms with van der Waals surface area (Å²) in [6.07, 6.45) is 4.65. The van der Waals surface area contributed by atoms with Crippen LogP contribution in [0.5, 0.6) is 5.75 Å². The van der Waals surface area contributed by atoms with Crippen LogP contribution in [0.1, 0.15) is 62.4 Å². The summed E-state index contributed by atoms with van der Waals surface area (Å²) in [5.41, 5.74) is 3.79. The van der Waals surface area contributed by atoms with Gasteiger partial charge in [0.25, 0.3) is 0 Å². The van der Waals surface area contributed by atoms with Crippen LogP contribution < -0.4 is 10.1 Å². The molecule has 0 saturated carbocycles. The fraction of sp³-hybridized carbons (Fsp3) is 0.216. The molecule has 43 heavy (non-hydrogen) atoms. The van der Waals surface area contributed by atoms with Gasteiger partial charge < -0.3 is 15.0 Å². The van der Waals surface area contributed by atoms with Gasteiger partial charge in [0.1, 0.15) is 17.2 Å². The summed E-state index contributed by atoms with van der Waals surface area (Å²) in [5.74, 6) is -1.31. The molecule has 0 radical (unpaired) electrons. The van der Waals surface area contributed by atoms with Crippen LogP contribution in [-0.2, 0) is 10.2 Å². The molecular formula is C37H32N2O4. The normalized spacial score (nSPS) is 23.0. The van der Waals surface area contributed by atoms with Gasteiger partial charge in [-0.1, -0.05) is 91.3 Å².